The molecule has 9 nitrogen and oxygen atoms in total. The molecule has 2 N–H and O–H groups in total. The van der Waals surface area contributed by atoms with E-state index in [1.807, 2.05) is 0 Å². The summed E-state index contributed by atoms with van der Waals surface area (Å²) >= 11 is 0. The number of ether oxygens (including phenoxy) is 5. The van der Waals surface area contributed by atoms with Crippen LogP contribution in [-0.4, -0.2) is 42.3 Å². The fourth-order valence-corrected chi connectivity index (χ4v) is 5.45. The number of benzene rings is 2. The van der Waals surface area contributed by atoms with Crippen molar-refractivity contribution in [3.8, 4) is 23.0 Å². The number of rotatable bonds is 9. The Labute approximate surface area is 213 Å². The Balaban J connectivity index is 1.88. The SMILES string of the molecule is CCCCCCOC1=c2ccc3c(c2=C(c2ccc4c(c2)OCO4)C(C)(C(=O)O)C1(C)C(=O)O)OCO3. The summed E-state index contributed by atoms with van der Waals surface area (Å²) < 4.78 is 28.7. The molecule has 0 radical (unpaired) electrons. The van der Waals surface area contributed by atoms with Gasteiger partial charge in [0.2, 0.25) is 13.6 Å². The van der Waals surface area contributed by atoms with Crippen molar-refractivity contribution >= 4 is 23.3 Å². The van der Waals surface area contributed by atoms with Crippen LogP contribution in [0.15, 0.2) is 30.3 Å². The van der Waals surface area contributed by atoms with Crippen LogP contribution in [0.1, 0.15) is 52.0 Å². The van der Waals surface area contributed by atoms with Crippen LogP contribution in [-0.2, 0) is 14.3 Å². The first kappa shape index (κ1) is 24.8. The van der Waals surface area contributed by atoms with Gasteiger partial charge in [-0.15, -0.1) is 0 Å². The van der Waals surface area contributed by atoms with Crippen LogP contribution in [0.25, 0.3) is 11.3 Å². The van der Waals surface area contributed by atoms with E-state index in [1.165, 1.54) is 13.8 Å². The minimum atomic E-state index is -1.96. The van der Waals surface area contributed by atoms with Crippen LogP contribution >= 0.6 is 0 Å². The molecule has 0 spiro atoms. The zero-order valence-electron chi connectivity index (χ0n) is 21.1. The van der Waals surface area contributed by atoms with Gasteiger partial charge in [-0.25, -0.2) is 0 Å². The lowest BCUT2D eigenvalue weighted by Crippen LogP contribution is -2.58. The lowest BCUT2D eigenvalue weighted by atomic mass is 9.56. The van der Waals surface area contributed by atoms with Crippen molar-refractivity contribution in [3.05, 3.63) is 46.3 Å². The van der Waals surface area contributed by atoms with Crippen LogP contribution < -0.4 is 29.4 Å². The highest BCUT2D eigenvalue weighted by molar-refractivity contribution is 6.04. The molecule has 0 saturated carbocycles. The zero-order valence-corrected chi connectivity index (χ0v) is 21.1. The summed E-state index contributed by atoms with van der Waals surface area (Å²) in [6.07, 6.45) is 3.71. The lowest BCUT2D eigenvalue weighted by Gasteiger charge is -2.45. The lowest BCUT2D eigenvalue weighted by molar-refractivity contribution is -0.163. The van der Waals surface area contributed by atoms with E-state index < -0.39 is 22.8 Å². The average Bonchev–Trinajstić information content (AvgIpc) is 3.54. The molecule has 0 amide bonds. The van der Waals surface area contributed by atoms with Crippen molar-refractivity contribution in [2.45, 2.75) is 46.5 Å². The first-order chi connectivity index (χ1) is 17.7. The molecule has 3 aliphatic rings. The normalized spacial score (nSPS) is 23.1. The summed E-state index contributed by atoms with van der Waals surface area (Å²) in [6, 6.07) is 8.50. The van der Waals surface area contributed by atoms with Gasteiger partial charge in [-0.3, -0.25) is 9.59 Å². The third-order valence-electron chi connectivity index (χ3n) is 7.75. The van der Waals surface area contributed by atoms with E-state index in [4.69, 9.17) is 23.7 Å². The van der Waals surface area contributed by atoms with E-state index in [1.54, 1.807) is 30.3 Å². The van der Waals surface area contributed by atoms with E-state index in [2.05, 4.69) is 6.92 Å². The molecule has 2 unspecified atom stereocenters. The Bertz CT molecular complexity index is 1400. The minimum absolute atomic E-state index is 0.0343. The maximum atomic E-state index is 13.2. The van der Waals surface area contributed by atoms with Crippen molar-refractivity contribution in [2.75, 3.05) is 20.2 Å². The topological polar surface area (TPSA) is 121 Å². The second kappa shape index (κ2) is 9.21. The van der Waals surface area contributed by atoms with Gasteiger partial charge in [-0.1, -0.05) is 32.3 Å². The average molecular weight is 511 g/mol. The molecule has 37 heavy (non-hydrogen) atoms. The summed E-state index contributed by atoms with van der Waals surface area (Å²) in [5.74, 6) is -0.730. The maximum absolute atomic E-state index is 13.2. The zero-order chi connectivity index (χ0) is 26.4. The second-order valence-electron chi connectivity index (χ2n) is 9.76. The first-order valence-electron chi connectivity index (χ1n) is 12.4. The molecule has 2 atom stereocenters. The molecule has 9 heteroatoms. The highest BCUT2D eigenvalue weighted by atomic mass is 16.7. The number of carboxylic acid groups (broad SMARTS) is 2. The fourth-order valence-electron chi connectivity index (χ4n) is 5.45. The molecule has 0 fully saturated rings. The predicted octanol–water partition coefficient (Wildman–Crippen LogP) is 3.24. The van der Waals surface area contributed by atoms with Gasteiger partial charge >= 0.3 is 11.9 Å². The van der Waals surface area contributed by atoms with Gasteiger partial charge in [0, 0.05) is 10.4 Å². The second-order valence-corrected chi connectivity index (χ2v) is 9.76. The predicted molar refractivity (Wildman–Crippen MR) is 132 cm³/mol. The van der Waals surface area contributed by atoms with Gasteiger partial charge in [0.15, 0.2) is 23.0 Å². The Hall–Kier alpha value is -3.88. The summed E-state index contributed by atoms with van der Waals surface area (Å²) in [5.41, 5.74) is -3.15. The van der Waals surface area contributed by atoms with Gasteiger partial charge in [-0.2, -0.15) is 0 Å². The number of hydrogen-bond donors (Lipinski definition) is 2. The number of fused-ring (bicyclic) bond motifs is 4. The van der Waals surface area contributed by atoms with Crippen molar-refractivity contribution in [1.29, 1.82) is 0 Å². The van der Waals surface area contributed by atoms with Crippen molar-refractivity contribution in [1.82, 2.24) is 0 Å². The van der Waals surface area contributed by atoms with Gasteiger partial charge in [-0.05, 0) is 55.7 Å². The minimum Gasteiger partial charge on any atom is -0.496 e. The summed E-state index contributed by atoms with van der Waals surface area (Å²) in [7, 11) is 0. The number of unbranched alkanes of at least 4 members (excludes halogenated alkanes) is 3. The van der Waals surface area contributed by atoms with Gasteiger partial charge in [0.1, 0.15) is 16.6 Å². The third kappa shape index (κ3) is 3.59. The van der Waals surface area contributed by atoms with Crippen molar-refractivity contribution in [2.24, 2.45) is 10.8 Å². The molecule has 5 rings (SSSR count). The third-order valence-corrected chi connectivity index (χ3v) is 7.75. The van der Waals surface area contributed by atoms with Gasteiger partial charge in [0.05, 0.1) is 6.61 Å². The van der Waals surface area contributed by atoms with E-state index in [0.29, 0.717) is 39.0 Å². The smallest absolute Gasteiger partial charge is 0.318 e. The first-order valence-corrected chi connectivity index (χ1v) is 12.4. The Morgan fingerprint density at radius 3 is 2.27 bits per heavy atom. The summed E-state index contributed by atoms with van der Waals surface area (Å²) in [5, 5.41) is 22.3. The quantitative estimate of drug-likeness (QED) is 0.490. The fraction of sp³-hybridized carbons (Fsp3) is 0.429. The Morgan fingerprint density at radius 1 is 0.865 bits per heavy atom. The maximum Gasteiger partial charge on any atom is 0.318 e. The van der Waals surface area contributed by atoms with Crippen LogP contribution in [0, 0.1) is 10.8 Å². The Morgan fingerprint density at radius 2 is 1.54 bits per heavy atom. The molecule has 2 heterocycles. The molecular weight excluding hydrogens is 480 g/mol. The van der Waals surface area contributed by atoms with Crippen molar-refractivity contribution in [3.63, 3.8) is 0 Å². The van der Waals surface area contributed by atoms with Crippen LogP contribution in [0.3, 0.4) is 0 Å². The number of aliphatic carboxylic acids is 2. The standard InChI is InChI=1S/C28H30O9/c1-4-5-6-7-12-33-24-17-9-11-19-23(37-15-35-19)21(17)22(16-8-10-18-20(13-16)36-14-34-18)27(2,25(29)30)28(24,3)26(31)32/h8-11,13H,4-7,12,14-15H2,1-3H3,(H,29,30)(H,31,32). The summed E-state index contributed by atoms with van der Waals surface area (Å²) in [4.78, 5) is 26.3. The van der Waals surface area contributed by atoms with Crippen LogP contribution in [0.2, 0.25) is 0 Å². The molecule has 2 aliphatic heterocycles. The monoisotopic (exact) mass is 510 g/mol. The van der Waals surface area contributed by atoms with Crippen molar-refractivity contribution < 1.29 is 43.5 Å². The van der Waals surface area contributed by atoms with E-state index in [0.717, 1.165) is 25.7 Å². The number of carboxylic acids is 2. The molecule has 2 aromatic rings. The molecule has 0 bridgehead atoms. The van der Waals surface area contributed by atoms with Crippen LogP contribution in [0.4, 0.5) is 0 Å². The Kier molecular flexibility index (Phi) is 6.17. The molecule has 196 valence electrons. The highest BCUT2D eigenvalue weighted by Gasteiger charge is 2.63. The molecule has 2 aromatic carbocycles. The van der Waals surface area contributed by atoms with Gasteiger partial charge < -0.3 is 33.9 Å². The largest absolute Gasteiger partial charge is 0.496 e. The molecular formula is C28H30O9. The van der Waals surface area contributed by atoms with E-state index in [-0.39, 0.29) is 31.5 Å². The van der Waals surface area contributed by atoms with E-state index in [9.17, 15) is 19.8 Å². The molecule has 0 saturated heterocycles. The van der Waals surface area contributed by atoms with Gasteiger partial charge in [0.25, 0.3) is 0 Å². The van der Waals surface area contributed by atoms with Crippen LogP contribution in [0.5, 0.6) is 23.0 Å². The number of carbonyl (C=O) groups is 2. The summed E-state index contributed by atoms with van der Waals surface area (Å²) in [6.45, 7) is 5.23. The molecule has 1 aliphatic carbocycles. The highest BCUT2D eigenvalue weighted by Crippen LogP contribution is 2.55. The van der Waals surface area contributed by atoms with E-state index >= 15 is 0 Å². The number of hydrogen-bond acceptors (Lipinski definition) is 7. The molecule has 0 aromatic heterocycles.